The quantitative estimate of drug-likeness (QED) is 0.626. The third-order valence-corrected chi connectivity index (χ3v) is 3.51. The second kappa shape index (κ2) is 2.41. The van der Waals surface area contributed by atoms with Crippen LogP contribution in [-0.2, 0) is 9.59 Å². The monoisotopic (exact) mass is 166 g/mol. The van der Waals surface area contributed by atoms with E-state index in [0.717, 1.165) is 19.3 Å². The van der Waals surface area contributed by atoms with Crippen molar-refractivity contribution < 1.29 is 9.59 Å². The van der Waals surface area contributed by atoms with Gasteiger partial charge in [0.1, 0.15) is 11.6 Å². The molecule has 0 aliphatic heterocycles. The van der Waals surface area contributed by atoms with Gasteiger partial charge < -0.3 is 0 Å². The number of fused-ring (bicyclic) bond motifs is 1. The number of hydrogen-bond donors (Lipinski definition) is 0. The van der Waals surface area contributed by atoms with Crippen LogP contribution in [0.4, 0.5) is 0 Å². The van der Waals surface area contributed by atoms with Crippen molar-refractivity contribution in [1.82, 2.24) is 0 Å². The van der Waals surface area contributed by atoms with Crippen LogP contribution in [0, 0.1) is 11.3 Å². The Labute approximate surface area is 72.3 Å². The molecule has 2 fully saturated rings. The molecular weight excluding hydrogens is 152 g/mol. The molecule has 0 amide bonds. The van der Waals surface area contributed by atoms with E-state index in [1.54, 1.807) is 6.92 Å². The van der Waals surface area contributed by atoms with E-state index in [0.29, 0.717) is 18.1 Å². The van der Waals surface area contributed by atoms with Crippen LogP contribution in [0.15, 0.2) is 0 Å². The predicted molar refractivity (Wildman–Crippen MR) is 44.7 cm³/mol. The zero-order chi connectivity index (χ0) is 8.77. The lowest BCUT2D eigenvalue weighted by Gasteiger charge is -2.42. The summed E-state index contributed by atoms with van der Waals surface area (Å²) in [4.78, 5) is 22.4. The van der Waals surface area contributed by atoms with Crippen molar-refractivity contribution in [2.75, 3.05) is 0 Å². The Morgan fingerprint density at radius 2 is 2.42 bits per heavy atom. The van der Waals surface area contributed by atoms with E-state index in [1.165, 1.54) is 6.42 Å². The summed E-state index contributed by atoms with van der Waals surface area (Å²) in [5, 5.41) is 0. The highest BCUT2D eigenvalue weighted by Crippen LogP contribution is 2.56. The van der Waals surface area contributed by atoms with Gasteiger partial charge in [-0.05, 0) is 25.7 Å². The van der Waals surface area contributed by atoms with E-state index in [2.05, 4.69) is 0 Å². The van der Waals surface area contributed by atoms with Crippen LogP contribution < -0.4 is 0 Å². The molecule has 2 atom stereocenters. The van der Waals surface area contributed by atoms with Gasteiger partial charge in [0.25, 0.3) is 0 Å². The van der Waals surface area contributed by atoms with E-state index in [9.17, 15) is 9.59 Å². The summed E-state index contributed by atoms with van der Waals surface area (Å²) < 4.78 is 0. The highest BCUT2D eigenvalue weighted by molar-refractivity contribution is 5.96. The van der Waals surface area contributed by atoms with Crippen LogP contribution in [0.5, 0.6) is 0 Å². The maximum atomic E-state index is 11.4. The van der Waals surface area contributed by atoms with Crippen molar-refractivity contribution in [3.63, 3.8) is 0 Å². The molecule has 0 radical (unpaired) electrons. The standard InChI is InChI=1S/C10H14O2/c1-7(11)6-10-4-2-3-8(10)5-9(10)12/h8H,2-6H2,1H3. The molecule has 0 aromatic carbocycles. The van der Waals surface area contributed by atoms with Crippen molar-refractivity contribution in [3.8, 4) is 0 Å². The zero-order valence-corrected chi connectivity index (χ0v) is 7.43. The molecule has 66 valence electrons. The highest BCUT2D eigenvalue weighted by Gasteiger charge is 2.56. The Morgan fingerprint density at radius 1 is 1.67 bits per heavy atom. The molecule has 0 spiro atoms. The highest BCUT2D eigenvalue weighted by atomic mass is 16.1. The van der Waals surface area contributed by atoms with Crippen LogP contribution in [0.3, 0.4) is 0 Å². The molecule has 2 nitrogen and oxygen atoms in total. The van der Waals surface area contributed by atoms with E-state index in [4.69, 9.17) is 0 Å². The van der Waals surface area contributed by atoms with Gasteiger partial charge in [-0.2, -0.15) is 0 Å². The lowest BCUT2D eigenvalue weighted by Crippen LogP contribution is -2.47. The Hall–Kier alpha value is -0.660. The van der Waals surface area contributed by atoms with E-state index in [1.807, 2.05) is 0 Å². The largest absolute Gasteiger partial charge is 0.300 e. The molecule has 2 heteroatoms. The summed E-state index contributed by atoms with van der Waals surface area (Å²) >= 11 is 0. The van der Waals surface area contributed by atoms with Gasteiger partial charge in [0.15, 0.2) is 0 Å². The Kier molecular flexibility index (Phi) is 1.60. The summed E-state index contributed by atoms with van der Waals surface area (Å²) in [7, 11) is 0. The lowest BCUT2D eigenvalue weighted by molar-refractivity contribution is -0.147. The summed E-state index contributed by atoms with van der Waals surface area (Å²) in [6.45, 7) is 1.59. The van der Waals surface area contributed by atoms with Gasteiger partial charge in [0, 0.05) is 18.3 Å². The molecule has 12 heavy (non-hydrogen) atoms. The van der Waals surface area contributed by atoms with Gasteiger partial charge in [-0.25, -0.2) is 0 Å². The second-order valence-corrected chi connectivity index (χ2v) is 4.25. The van der Waals surface area contributed by atoms with Crippen molar-refractivity contribution >= 4 is 11.6 Å². The van der Waals surface area contributed by atoms with Gasteiger partial charge >= 0.3 is 0 Å². The Balaban J connectivity index is 2.16. The number of Topliss-reactive ketones (excluding diaryl/α,β-unsaturated/α-hetero) is 2. The molecule has 0 aromatic heterocycles. The SMILES string of the molecule is CC(=O)CC12CCCC1CC2=O. The average Bonchev–Trinajstić information content (AvgIpc) is 2.28. The number of rotatable bonds is 2. The maximum Gasteiger partial charge on any atom is 0.140 e. The molecule has 2 unspecified atom stereocenters. The molecule has 0 aromatic rings. The minimum Gasteiger partial charge on any atom is -0.300 e. The Bertz CT molecular complexity index is 244. The number of ketones is 2. The molecule has 2 aliphatic rings. The molecule has 2 saturated carbocycles. The van der Waals surface area contributed by atoms with Gasteiger partial charge in [0.05, 0.1) is 0 Å². The van der Waals surface area contributed by atoms with Gasteiger partial charge in [0.2, 0.25) is 0 Å². The van der Waals surface area contributed by atoms with Crippen molar-refractivity contribution in [3.05, 3.63) is 0 Å². The van der Waals surface area contributed by atoms with Crippen molar-refractivity contribution in [2.45, 2.75) is 39.0 Å². The lowest BCUT2D eigenvalue weighted by atomic mass is 9.59. The number of carbonyl (C=O) groups excluding carboxylic acids is 2. The third kappa shape index (κ3) is 0.869. The fraction of sp³-hybridized carbons (Fsp3) is 0.800. The zero-order valence-electron chi connectivity index (χ0n) is 7.43. The fourth-order valence-corrected chi connectivity index (χ4v) is 2.88. The molecular formula is C10H14O2. The van der Waals surface area contributed by atoms with Crippen LogP contribution in [0.1, 0.15) is 39.0 Å². The number of hydrogen-bond acceptors (Lipinski definition) is 2. The molecule has 0 N–H and O–H groups in total. The van der Waals surface area contributed by atoms with Crippen molar-refractivity contribution in [2.24, 2.45) is 11.3 Å². The van der Waals surface area contributed by atoms with E-state index < -0.39 is 0 Å². The van der Waals surface area contributed by atoms with E-state index >= 15 is 0 Å². The fourth-order valence-electron chi connectivity index (χ4n) is 2.88. The van der Waals surface area contributed by atoms with Crippen LogP contribution >= 0.6 is 0 Å². The van der Waals surface area contributed by atoms with E-state index in [-0.39, 0.29) is 11.2 Å². The Morgan fingerprint density at radius 3 is 2.92 bits per heavy atom. The average molecular weight is 166 g/mol. The van der Waals surface area contributed by atoms with Gasteiger partial charge in [-0.1, -0.05) is 6.42 Å². The van der Waals surface area contributed by atoms with Crippen LogP contribution in [0.25, 0.3) is 0 Å². The minimum atomic E-state index is -0.175. The summed E-state index contributed by atoms with van der Waals surface area (Å²) in [5.41, 5.74) is -0.175. The molecule has 2 aliphatic carbocycles. The first-order valence-electron chi connectivity index (χ1n) is 4.68. The normalized spacial score (nSPS) is 39.1. The van der Waals surface area contributed by atoms with Crippen LogP contribution in [0.2, 0.25) is 0 Å². The molecule has 2 rings (SSSR count). The van der Waals surface area contributed by atoms with Gasteiger partial charge in [-0.15, -0.1) is 0 Å². The first-order valence-corrected chi connectivity index (χ1v) is 4.68. The summed E-state index contributed by atoms with van der Waals surface area (Å²) in [5.74, 6) is 1.07. The maximum absolute atomic E-state index is 11.4. The van der Waals surface area contributed by atoms with Gasteiger partial charge in [-0.3, -0.25) is 9.59 Å². The molecule has 0 bridgehead atoms. The first-order chi connectivity index (χ1) is 5.65. The second-order valence-electron chi connectivity index (χ2n) is 4.25. The summed E-state index contributed by atoms with van der Waals surface area (Å²) in [6.07, 6.45) is 4.53. The minimum absolute atomic E-state index is 0.175. The van der Waals surface area contributed by atoms with Crippen LogP contribution in [-0.4, -0.2) is 11.6 Å². The van der Waals surface area contributed by atoms with Crippen molar-refractivity contribution in [1.29, 1.82) is 0 Å². The molecule has 0 heterocycles. The molecule has 0 saturated heterocycles. The first kappa shape index (κ1) is 7.96. The smallest absolute Gasteiger partial charge is 0.140 e. The summed E-state index contributed by atoms with van der Waals surface area (Å²) in [6, 6.07) is 0. The third-order valence-electron chi connectivity index (χ3n) is 3.51. The number of carbonyl (C=O) groups is 2. The topological polar surface area (TPSA) is 34.1 Å². The predicted octanol–water partition coefficient (Wildman–Crippen LogP) is 1.72.